The summed E-state index contributed by atoms with van der Waals surface area (Å²) in [6, 6.07) is 4.26. The van der Waals surface area contributed by atoms with Crippen LogP contribution in [0.25, 0.3) is 0 Å². The molecule has 1 atom stereocenters. The molecular weight excluding hydrogens is 259 g/mol. The van der Waals surface area contributed by atoms with Crippen LogP contribution in [0.2, 0.25) is 0 Å². The Morgan fingerprint density at radius 3 is 2.47 bits per heavy atom. The van der Waals surface area contributed by atoms with Crippen LogP contribution in [-0.2, 0) is 0 Å². The minimum Gasteiger partial charge on any atom is -0.493 e. The maximum absolute atomic E-state index is 12.1. The van der Waals surface area contributed by atoms with Gasteiger partial charge in [-0.15, -0.1) is 0 Å². The lowest BCUT2D eigenvalue weighted by Gasteiger charge is -2.16. The molecular formula is C13H18F3NO2. The number of halogens is 3. The highest BCUT2D eigenvalue weighted by Gasteiger charge is 2.28. The largest absolute Gasteiger partial charge is 0.493 e. The van der Waals surface area contributed by atoms with Crippen molar-refractivity contribution in [1.29, 1.82) is 0 Å². The lowest BCUT2D eigenvalue weighted by molar-refractivity contribution is -0.136. The van der Waals surface area contributed by atoms with Gasteiger partial charge in [0.25, 0.3) is 0 Å². The maximum Gasteiger partial charge on any atom is 0.389 e. The fourth-order valence-corrected chi connectivity index (χ4v) is 1.68. The van der Waals surface area contributed by atoms with Gasteiger partial charge in [-0.25, -0.2) is 0 Å². The number of rotatable bonds is 6. The zero-order valence-electron chi connectivity index (χ0n) is 11.0. The first kappa shape index (κ1) is 15.6. The lowest BCUT2D eigenvalue weighted by Crippen LogP contribution is -2.15. The van der Waals surface area contributed by atoms with Gasteiger partial charge in [0, 0.05) is 12.5 Å². The second kappa shape index (κ2) is 6.65. The van der Waals surface area contributed by atoms with Crippen molar-refractivity contribution >= 4 is 0 Å². The number of nitrogens with two attached hydrogens (primary N) is 1. The van der Waals surface area contributed by atoms with Gasteiger partial charge in [-0.1, -0.05) is 6.07 Å². The van der Waals surface area contributed by atoms with E-state index in [1.807, 2.05) is 6.92 Å². The third-order valence-corrected chi connectivity index (χ3v) is 2.65. The predicted octanol–water partition coefficient (Wildman–Crippen LogP) is 3.44. The molecule has 0 amide bonds. The molecule has 0 aliphatic heterocycles. The van der Waals surface area contributed by atoms with Crippen molar-refractivity contribution in [2.24, 2.45) is 5.73 Å². The van der Waals surface area contributed by atoms with E-state index in [9.17, 15) is 13.2 Å². The van der Waals surface area contributed by atoms with Gasteiger partial charge in [0.2, 0.25) is 0 Å². The standard InChI is InChI=1S/C13H18F3NO2/c1-3-19-11-5-4-9(8-12(11)18-2)10(17)6-7-13(14,15)16/h4-5,8,10H,3,6-7,17H2,1-2H3/t10-/m0/s1. The van der Waals surface area contributed by atoms with Crippen LogP contribution >= 0.6 is 0 Å². The Kier molecular flexibility index (Phi) is 5.47. The summed E-state index contributed by atoms with van der Waals surface area (Å²) in [4.78, 5) is 0. The number of hydrogen-bond acceptors (Lipinski definition) is 3. The Balaban J connectivity index is 2.78. The second-order valence-corrected chi connectivity index (χ2v) is 4.10. The molecule has 0 aromatic heterocycles. The fraction of sp³-hybridized carbons (Fsp3) is 0.538. The van der Waals surface area contributed by atoms with Gasteiger partial charge in [-0.2, -0.15) is 13.2 Å². The average Bonchev–Trinajstić information content (AvgIpc) is 2.36. The average molecular weight is 277 g/mol. The Morgan fingerprint density at radius 1 is 1.26 bits per heavy atom. The molecule has 1 aromatic carbocycles. The molecule has 0 radical (unpaired) electrons. The molecule has 0 bridgehead atoms. The number of hydrogen-bond donors (Lipinski definition) is 1. The monoisotopic (exact) mass is 277 g/mol. The summed E-state index contributed by atoms with van der Waals surface area (Å²) in [6.07, 6.45) is -5.24. The summed E-state index contributed by atoms with van der Waals surface area (Å²) in [5.74, 6) is 1.03. The molecule has 3 nitrogen and oxygen atoms in total. The molecule has 1 rings (SSSR count). The summed E-state index contributed by atoms with van der Waals surface area (Å²) in [7, 11) is 1.48. The summed E-state index contributed by atoms with van der Waals surface area (Å²) >= 11 is 0. The molecule has 1 aromatic rings. The Labute approximate surface area is 110 Å². The van der Waals surface area contributed by atoms with Gasteiger partial charge in [0.1, 0.15) is 0 Å². The highest BCUT2D eigenvalue weighted by atomic mass is 19.4. The molecule has 0 spiro atoms. The van der Waals surface area contributed by atoms with Crippen LogP contribution in [0.1, 0.15) is 31.4 Å². The van der Waals surface area contributed by atoms with E-state index in [0.29, 0.717) is 23.7 Å². The third kappa shape index (κ3) is 4.98. The lowest BCUT2D eigenvalue weighted by atomic mass is 10.0. The fourth-order valence-electron chi connectivity index (χ4n) is 1.68. The summed E-state index contributed by atoms with van der Waals surface area (Å²) in [5, 5.41) is 0. The molecule has 0 saturated heterocycles. The molecule has 0 aliphatic carbocycles. The second-order valence-electron chi connectivity index (χ2n) is 4.10. The molecule has 19 heavy (non-hydrogen) atoms. The van der Waals surface area contributed by atoms with Crippen LogP contribution in [0.5, 0.6) is 11.5 Å². The predicted molar refractivity (Wildman–Crippen MR) is 66.4 cm³/mol. The van der Waals surface area contributed by atoms with Crippen LogP contribution < -0.4 is 15.2 Å². The van der Waals surface area contributed by atoms with Gasteiger partial charge >= 0.3 is 6.18 Å². The van der Waals surface area contributed by atoms with Crippen molar-refractivity contribution in [3.05, 3.63) is 23.8 Å². The smallest absolute Gasteiger partial charge is 0.389 e. The number of benzene rings is 1. The first-order valence-electron chi connectivity index (χ1n) is 6.00. The van der Waals surface area contributed by atoms with Gasteiger partial charge in [-0.05, 0) is 31.0 Å². The van der Waals surface area contributed by atoms with E-state index in [1.165, 1.54) is 7.11 Å². The number of alkyl halides is 3. The van der Waals surface area contributed by atoms with Gasteiger partial charge < -0.3 is 15.2 Å². The van der Waals surface area contributed by atoms with Gasteiger partial charge in [0.15, 0.2) is 11.5 Å². The minimum atomic E-state index is -4.19. The van der Waals surface area contributed by atoms with E-state index in [-0.39, 0.29) is 6.42 Å². The molecule has 108 valence electrons. The Morgan fingerprint density at radius 2 is 1.95 bits per heavy atom. The molecule has 0 aliphatic rings. The minimum absolute atomic E-state index is 0.152. The molecule has 2 N–H and O–H groups in total. The van der Waals surface area contributed by atoms with E-state index in [2.05, 4.69) is 0 Å². The van der Waals surface area contributed by atoms with Crippen molar-refractivity contribution in [2.75, 3.05) is 13.7 Å². The van der Waals surface area contributed by atoms with Crippen molar-refractivity contribution in [3.8, 4) is 11.5 Å². The Hall–Kier alpha value is -1.43. The van der Waals surface area contributed by atoms with Crippen LogP contribution in [0.15, 0.2) is 18.2 Å². The van der Waals surface area contributed by atoms with E-state index < -0.39 is 18.6 Å². The first-order valence-corrected chi connectivity index (χ1v) is 6.00. The quantitative estimate of drug-likeness (QED) is 0.866. The van der Waals surface area contributed by atoms with Crippen molar-refractivity contribution in [2.45, 2.75) is 32.0 Å². The normalized spacial score (nSPS) is 13.2. The van der Waals surface area contributed by atoms with Crippen molar-refractivity contribution < 1.29 is 22.6 Å². The Bertz CT molecular complexity index is 407. The van der Waals surface area contributed by atoms with E-state index in [1.54, 1.807) is 18.2 Å². The molecule has 0 saturated carbocycles. The SMILES string of the molecule is CCOc1ccc([C@@H](N)CCC(F)(F)F)cc1OC. The summed E-state index contributed by atoms with van der Waals surface area (Å²) < 4.78 is 46.9. The van der Waals surface area contributed by atoms with Crippen molar-refractivity contribution in [3.63, 3.8) is 0 Å². The van der Waals surface area contributed by atoms with Crippen LogP contribution in [0.3, 0.4) is 0 Å². The zero-order chi connectivity index (χ0) is 14.5. The van der Waals surface area contributed by atoms with Crippen molar-refractivity contribution in [1.82, 2.24) is 0 Å². The first-order chi connectivity index (χ1) is 8.87. The molecule has 0 fully saturated rings. The highest BCUT2D eigenvalue weighted by Crippen LogP contribution is 2.32. The molecule has 0 heterocycles. The van der Waals surface area contributed by atoms with E-state index in [4.69, 9.17) is 15.2 Å². The molecule has 0 unspecified atom stereocenters. The van der Waals surface area contributed by atoms with E-state index >= 15 is 0 Å². The van der Waals surface area contributed by atoms with Gasteiger partial charge in [-0.3, -0.25) is 0 Å². The summed E-state index contributed by atoms with van der Waals surface area (Å²) in [6.45, 7) is 2.32. The summed E-state index contributed by atoms with van der Waals surface area (Å²) in [5.41, 5.74) is 6.35. The van der Waals surface area contributed by atoms with Crippen LogP contribution in [0.4, 0.5) is 13.2 Å². The number of ether oxygens (including phenoxy) is 2. The molecule has 6 heteroatoms. The maximum atomic E-state index is 12.1. The topological polar surface area (TPSA) is 44.5 Å². The van der Waals surface area contributed by atoms with Crippen LogP contribution in [0, 0.1) is 0 Å². The third-order valence-electron chi connectivity index (χ3n) is 2.65. The van der Waals surface area contributed by atoms with E-state index in [0.717, 1.165) is 0 Å². The zero-order valence-corrected chi connectivity index (χ0v) is 11.0. The number of methoxy groups -OCH3 is 1. The highest BCUT2D eigenvalue weighted by molar-refractivity contribution is 5.43. The van der Waals surface area contributed by atoms with Crippen LogP contribution in [-0.4, -0.2) is 19.9 Å². The van der Waals surface area contributed by atoms with Gasteiger partial charge in [0.05, 0.1) is 13.7 Å².